The lowest BCUT2D eigenvalue weighted by atomic mass is 9.96. The molecule has 1 N–H and O–H groups in total. The van der Waals surface area contributed by atoms with Crippen molar-refractivity contribution in [3.63, 3.8) is 0 Å². The summed E-state index contributed by atoms with van der Waals surface area (Å²) in [5.41, 5.74) is 9.95. The van der Waals surface area contributed by atoms with E-state index in [4.69, 9.17) is 8.83 Å². The van der Waals surface area contributed by atoms with Crippen molar-refractivity contribution in [1.29, 1.82) is 0 Å². The van der Waals surface area contributed by atoms with E-state index in [1.807, 2.05) is 30.6 Å². The first kappa shape index (κ1) is 23.9. The molecule has 0 aliphatic carbocycles. The molecule has 4 heterocycles. The van der Waals surface area contributed by atoms with Gasteiger partial charge >= 0.3 is 0 Å². The Morgan fingerprint density at radius 1 is 0.628 bits per heavy atom. The van der Waals surface area contributed by atoms with E-state index in [0.717, 1.165) is 61.4 Å². The van der Waals surface area contributed by atoms with Crippen molar-refractivity contribution >= 4 is 66.9 Å². The van der Waals surface area contributed by atoms with Crippen LogP contribution in [0.4, 0.5) is 17.1 Å². The molecule has 0 saturated carbocycles. The SMILES string of the molecule is C1=Cc2c(oc3ccc(N(c4cc(-c5ccccc5)c5ccccc5c4)c4ccc5oc6cccnc6c5c4)cc23)CN1. The summed E-state index contributed by atoms with van der Waals surface area (Å²) >= 11 is 0. The Kier molecular flexibility index (Phi) is 5.19. The Balaban J connectivity index is 1.33. The predicted octanol–water partition coefficient (Wildman–Crippen LogP) is 10.1. The number of pyridine rings is 1. The minimum Gasteiger partial charge on any atom is -0.459 e. The summed E-state index contributed by atoms with van der Waals surface area (Å²) < 4.78 is 12.3. The third kappa shape index (κ3) is 3.82. The first-order valence-corrected chi connectivity index (χ1v) is 14.4. The Bertz CT molecular complexity index is 2360. The molecule has 43 heavy (non-hydrogen) atoms. The lowest BCUT2D eigenvalue weighted by molar-refractivity contribution is 0.532. The highest BCUT2D eigenvalue weighted by molar-refractivity contribution is 6.06. The van der Waals surface area contributed by atoms with Crippen molar-refractivity contribution in [1.82, 2.24) is 10.3 Å². The zero-order valence-electron chi connectivity index (χ0n) is 23.1. The summed E-state index contributed by atoms with van der Waals surface area (Å²) in [6.45, 7) is 0.682. The topological polar surface area (TPSA) is 54.4 Å². The molecule has 0 spiro atoms. The lowest BCUT2D eigenvalue weighted by Gasteiger charge is -2.27. The van der Waals surface area contributed by atoms with E-state index in [0.29, 0.717) is 6.54 Å². The van der Waals surface area contributed by atoms with Crippen molar-refractivity contribution < 1.29 is 8.83 Å². The Morgan fingerprint density at radius 2 is 1.42 bits per heavy atom. The highest BCUT2D eigenvalue weighted by atomic mass is 16.3. The van der Waals surface area contributed by atoms with Gasteiger partial charge in [0.25, 0.3) is 0 Å². The van der Waals surface area contributed by atoms with Crippen LogP contribution in [0, 0.1) is 0 Å². The van der Waals surface area contributed by atoms with Crippen LogP contribution in [0.25, 0.3) is 61.0 Å². The lowest BCUT2D eigenvalue weighted by Crippen LogP contribution is -2.10. The molecule has 0 radical (unpaired) electrons. The van der Waals surface area contributed by atoms with Gasteiger partial charge < -0.3 is 19.1 Å². The van der Waals surface area contributed by atoms with Gasteiger partial charge in [0.2, 0.25) is 0 Å². The van der Waals surface area contributed by atoms with Crippen LogP contribution in [0.2, 0.25) is 0 Å². The molecule has 0 amide bonds. The number of furan rings is 2. The third-order valence-electron chi connectivity index (χ3n) is 8.33. The zero-order valence-corrected chi connectivity index (χ0v) is 23.1. The second-order valence-corrected chi connectivity index (χ2v) is 10.9. The molecule has 5 aromatic carbocycles. The maximum Gasteiger partial charge on any atom is 0.153 e. The van der Waals surface area contributed by atoms with E-state index in [1.54, 1.807) is 0 Å². The first-order valence-electron chi connectivity index (χ1n) is 14.4. The second kappa shape index (κ2) is 9.36. The molecule has 0 unspecified atom stereocenters. The molecular weight excluding hydrogens is 530 g/mol. The molecule has 0 fully saturated rings. The highest BCUT2D eigenvalue weighted by Gasteiger charge is 2.21. The van der Waals surface area contributed by atoms with Crippen molar-refractivity contribution in [3.8, 4) is 11.1 Å². The molecular formula is C38H25N3O2. The summed E-state index contributed by atoms with van der Waals surface area (Å²) in [7, 11) is 0. The van der Waals surface area contributed by atoms with Gasteiger partial charge in [0, 0.05) is 39.6 Å². The third-order valence-corrected chi connectivity index (χ3v) is 8.33. The standard InChI is InChI=1S/C38H25N3O2/c1-2-7-24(8-3-1)31-22-28(19-25-9-4-5-10-29(25)31)41(26-12-14-34-32(20-26)30-16-18-39-23-37(30)43-34)27-13-15-35-33(21-27)38-36(42-35)11-6-17-40-38/h1-22,39H,23H2. The number of benzene rings is 5. The minimum atomic E-state index is 0.682. The van der Waals surface area contributed by atoms with Gasteiger partial charge in [0.05, 0.1) is 6.54 Å². The van der Waals surface area contributed by atoms with Crippen LogP contribution in [-0.4, -0.2) is 4.98 Å². The summed E-state index contributed by atoms with van der Waals surface area (Å²) in [6.07, 6.45) is 5.90. The molecule has 1 aliphatic heterocycles. The fraction of sp³-hybridized carbons (Fsp3) is 0.0263. The fourth-order valence-electron chi connectivity index (χ4n) is 6.35. The molecule has 0 saturated heterocycles. The smallest absolute Gasteiger partial charge is 0.153 e. The summed E-state index contributed by atoms with van der Waals surface area (Å²) in [5, 5.41) is 7.73. The van der Waals surface area contributed by atoms with Crippen LogP contribution in [0.15, 0.2) is 136 Å². The first-order chi connectivity index (χ1) is 21.3. The van der Waals surface area contributed by atoms with Gasteiger partial charge in [-0.1, -0.05) is 54.6 Å². The number of aromatic nitrogens is 1. The van der Waals surface area contributed by atoms with Crippen LogP contribution < -0.4 is 10.2 Å². The highest BCUT2D eigenvalue weighted by Crippen LogP contribution is 2.43. The van der Waals surface area contributed by atoms with E-state index in [2.05, 4.69) is 118 Å². The van der Waals surface area contributed by atoms with Gasteiger partial charge in [-0.15, -0.1) is 0 Å². The molecule has 204 valence electrons. The second-order valence-electron chi connectivity index (χ2n) is 10.9. The molecule has 3 aromatic heterocycles. The minimum absolute atomic E-state index is 0.682. The van der Waals surface area contributed by atoms with Crippen LogP contribution in [0.3, 0.4) is 0 Å². The van der Waals surface area contributed by atoms with Crippen molar-refractivity contribution in [3.05, 3.63) is 139 Å². The number of hydrogen-bond acceptors (Lipinski definition) is 5. The summed E-state index contributed by atoms with van der Waals surface area (Å²) in [4.78, 5) is 6.98. The van der Waals surface area contributed by atoms with Gasteiger partial charge in [-0.2, -0.15) is 0 Å². The summed E-state index contributed by atoms with van der Waals surface area (Å²) in [5.74, 6) is 0.954. The maximum absolute atomic E-state index is 6.21. The molecule has 0 atom stereocenters. The number of anilines is 3. The molecule has 9 rings (SSSR count). The van der Waals surface area contributed by atoms with Gasteiger partial charge in [-0.25, -0.2) is 0 Å². The van der Waals surface area contributed by atoms with Crippen molar-refractivity contribution in [2.75, 3.05) is 4.90 Å². The molecule has 8 aromatic rings. The van der Waals surface area contributed by atoms with Gasteiger partial charge in [0.15, 0.2) is 5.58 Å². The number of nitrogens with zero attached hydrogens (tertiary/aromatic N) is 2. The van der Waals surface area contributed by atoms with E-state index in [-0.39, 0.29) is 0 Å². The van der Waals surface area contributed by atoms with Crippen LogP contribution in [0.1, 0.15) is 11.3 Å². The van der Waals surface area contributed by atoms with Crippen molar-refractivity contribution in [2.24, 2.45) is 0 Å². The number of fused-ring (bicyclic) bond motifs is 7. The average Bonchev–Trinajstić information content (AvgIpc) is 3.63. The Morgan fingerprint density at radius 3 is 2.30 bits per heavy atom. The monoisotopic (exact) mass is 555 g/mol. The van der Waals surface area contributed by atoms with E-state index < -0.39 is 0 Å². The normalized spacial score (nSPS) is 12.7. The number of nitrogens with one attached hydrogen (secondary N) is 1. The van der Waals surface area contributed by atoms with Gasteiger partial charge in [-0.05, 0) is 94.8 Å². The maximum atomic E-state index is 6.21. The van der Waals surface area contributed by atoms with E-state index >= 15 is 0 Å². The van der Waals surface area contributed by atoms with Crippen LogP contribution in [0.5, 0.6) is 0 Å². The average molecular weight is 556 g/mol. The fourth-order valence-corrected chi connectivity index (χ4v) is 6.35. The quantitative estimate of drug-likeness (QED) is 0.234. The molecule has 5 nitrogen and oxygen atoms in total. The van der Waals surface area contributed by atoms with Crippen molar-refractivity contribution in [2.45, 2.75) is 6.54 Å². The predicted molar refractivity (Wildman–Crippen MR) is 175 cm³/mol. The molecule has 1 aliphatic rings. The Labute approximate surface area is 247 Å². The van der Waals surface area contributed by atoms with Gasteiger partial charge in [0.1, 0.15) is 22.4 Å². The van der Waals surface area contributed by atoms with Crippen LogP contribution >= 0.6 is 0 Å². The summed E-state index contributed by atoms with van der Waals surface area (Å²) in [6, 6.07) is 40.5. The number of hydrogen-bond donors (Lipinski definition) is 1. The van der Waals surface area contributed by atoms with E-state index in [1.165, 1.54) is 21.9 Å². The Hall–Kier alpha value is -5.81. The molecule has 0 bridgehead atoms. The number of rotatable bonds is 4. The zero-order chi connectivity index (χ0) is 28.3. The largest absolute Gasteiger partial charge is 0.459 e. The molecule has 5 heteroatoms. The van der Waals surface area contributed by atoms with Crippen LogP contribution in [-0.2, 0) is 6.54 Å². The van der Waals surface area contributed by atoms with E-state index in [9.17, 15) is 0 Å². The van der Waals surface area contributed by atoms with Gasteiger partial charge in [-0.3, -0.25) is 4.98 Å².